The van der Waals surface area contributed by atoms with Crippen molar-refractivity contribution >= 4 is 17.0 Å². The molecule has 4 nitrogen and oxygen atoms in total. The van der Waals surface area contributed by atoms with Crippen LogP contribution in [0, 0.1) is 5.92 Å². The van der Waals surface area contributed by atoms with Crippen molar-refractivity contribution in [2.45, 2.75) is 38.6 Å². The molecule has 3 aromatic rings. The van der Waals surface area contributed by atoms with Crippen molar-refractivity contribution in [3.63, 3.8) is 0 Å². The summed E-state index contributed by atoms with van der Waals surface area (Å²) in [6.45, 7) is 1.01. The predicted octanol–water partition coefficient (Wildman–Crippen LogP) is 5.02. The molecule has 0 aromatic carbocycles. The first-order chi connectivity index (χ1) is 11.9. The molecule has 3 aromatic heterocycles. The summed E-state index contributed by atoms with van der Waals surface area (Å²) in [5.74, 6) is 1.64. The van der Waals surface area contributed by atoms with Crippen molar-refractivity contribution in [2.75, 3.05) is 0 Å². The minimum atomic E-state index is 0.731. The van der Waals surface area contributed by atoms with E-state index in [0.29, 0.717) is 0 Å². The molecule has 5 heteroatoms. The van der Waals surface area contributed by atoms with Crippen LogP contribution >= 0.6 is 11.3 Å². The van der Waals surface area contributed by atoms with Gasteiger partial charge in [0, 0.05) is 18.1 Å². The van der Waals surface area contributed by atoms with Gasteiger partial charge in [0.15, 0.2) is 10.6 Å². The van der Waals surface area contributed by atoms with Crippen molar-refractivity contribution in [1.82, 2.24) is 9.55 Å². The van der Waals surface area contributed by atoms with E-state index in [0.717, 1.165) is 34.4 Å². The first-order valence-corrected chi connectivity index (χ1v) is 9.45. The van der Waals surface area contributed by atoms with Crippen LogP contribution in [0.3, 0.4) is 0 Å². The van der Waals surface area contributed by atoms with Gasteiger partial charge in [-0.05, 0) is 43.0 Å². The van der Waals surface area contributed by atoms with Gasteiger partial charge in [0.1, 0.15) is 0 Å². The number of thiazole rings is 1. The second-order valence-electron chi connectivity index (χ2n) is 6.32. The van der Waals surface area contributed by atoms with E-state index in [1.54, 1.807) is 30.0 Å². The summed E-state index contributed by atoms with van der Waals surface area (Å²) in [6.07, 6.45) is 12.0. The van der Waals surface area contributed by atoms with Crippen LogP contribution in [0.2, 0.25) is 0 Å². The van der Waals surface area contributed by atoms with Gasteiger partial charge in [-0.2, -0.15) is 0 Å². The molecule has 1 aliphatic carbocycles. The molecule has 0 bridgehead atoms. The highest BCUT2D eigenvalue weighted by atomic mass is 32.1. The highest BCUT2D eigenvalue weighted by molar-refractivity contribution is 7.07. The van der Waals surface area contributed by atoms with E-state index in [9.17, 15) is 0 Å². The third kappa shape index (κ3) is 3.36. The van der Waals surface area contributed by atoms with E-state index < -0.39 is 0 Å². The summed E-state index contributed by atoms with van der Waals surface area (Å²) >= 11 is 1.67. The molecule has 0 N–H and O–H groups in total. The Labute approximate surface area is 145 Å². The molecule has 0 radical (unpaired) electrons. The van der Waals surface area contributed by atoms with Crippen LogP contribution in [0.4, 0.5) is 5.69 Å². The molecule has 4 rings (SSSR count). The fourth-order valence-corrected chi connectivity index (χ4v) is 4.29. The van der Waals surface area contributed by atoms with Gasteiger partial charge >= 0.3 is 0 Å². The fourth-order valence-electron chi connectivity index (χ4n) is 3.38. The number of furan rings is 1. The van der Waals surface area contributed by atoms with Gasteiger partial charge in [-0.1, -0.05) is 19.3 Å². The van der Waals surface area contributed by atoms with Gasteiger partial charge in [-0.3, -0.25) is 4.98 Å². The number of hydrogen-bond donors (Lipinski definition) is 0. The Morgan fingerprint density at radius 2 is 2.12 bits per heavy atom. The van der Waals surface area contributed by atoms with Crippen LogP contribution in [0.1, 0.15) is 32.1 Å². The van der Waals surface area contributed by atoms with Crippen LogP contribution in [0.25, 0.3) is 11.5 Å². The van der Waals surface area contributed by atoms with E-state index in [4.69, 9.17) is 9.41 Å². The molecule has 124 valence electrons. The lowest BCUT2D eigenvalue weighted by atomic mass is 9.89. The molecule has 0 spiro atoms. The zero-order valence-electron chi connectivity index (χ0n) is 13.6. The molecule has 1 saturated carbocycles. The molecule has 0 saturated heterocycles. The monoisotopic (exact) mass is 339 g/mol. The summed E-state index contributed by atoms with van der Waals surface area (Å²) in [7, 11) is 0. The SMILES string of the molecule is c1cncc(N=c2scc(-c3ccco3)n2CC2CCCCC2)c1. The minimum Gasteiger partial charge on any atom is -0.463 e. The van der Waals surface area contributed by atoms with Crippen LogP contribution < -0.4 is 4.80 Å². The van der Waals surface area contributed by atoms with Crippen molar-refractivity contribution in [1.29, 1.82) is 0 Å². The van der Waals surface area contributed by atoms with E-state index in [-0.39, 0.29) is 0 Å². The van der Waals surface area contributed by atoms with Gasteiger partial charge in [0.2, 0.25) is 0 Å². The normalized spacial score (nSPS) is 16.6. The molecule has 24 heavy (non-hydrogen) atoms. The van der Waals surface area contributed by atoms with E-state index in [2.05, 4.69) is 14.9 Å². The highest BCUT2D eigenvalue weighted by Gasteiger charge is 2.18. The maximum absolute atomic E-state index is 5.64. The van der Waals surface area contributed by atoms with Gasteiger partial charge in [-0.15, -0.1) is 11.3 Å². The summed E-state index contributed by atoms with van der Waals surface area (Å²) in [4.78, 5) is 9.99. The smallest absolute Gasteiger partial charge is 0.190 e. The van der Waals surface area contributed by atoms with Gasteiger partial charge in [-0.25, -0.2) is 4.99 Å². The van der Waals surface area contributed by atoms with E-state index in [1.165, 1.54) is 32.1 Å². The Morgan fingerprint density at radius 3 is 2.88 bits per heavy atom. The Hall–Kier alpha value is -2.14. The zero-order valence-corrected chi connectivity index (χ0v) is 14.4. The summed E-state index contributed by atoms with van der Waals surface area (Å²) in [5.41, 5.74) is 2.01. The molecule has 0 unspecified atom stereocenters. The maximum atomic E-state index is 5.64. The summed E-state index contributed by atoms with van der Waals surface area (Å²) in [5, 5.41) is 2.15. The number of rotatable bonds is 4. The number of aromatic nitrogens is 2. The second kappa shape index (κ2) is 7.18. The third-order valence-corrected chi connectivity index (χ3v) is 5.47. The minimum absolute atomic E-state index is 0.731. The van der Waals surface area contributed by atoms with E-state index >= 15 is 0 Å². The number of hydrogen-bond acceptors (Lipinski definition) is 4. The molecule has 0 aliphatic heterocycles. The molecule has 0 atom stereocenters. The Kier molecular flexibility index (Phi) is 4.60. The Morgan fingerprint density at radius 1 is 1.21 bits per heavy atom. The predicted molar refractivity (Wildman–Crippen MR) is 96.0 cm³/mol. The quantitative estimate of drug-likeness (QED) is 0.670. The largest absolute Gasteiger partial charge is 0.463 e. The van der Waals surface area contributed by atoms with Crippen LogP contribution in [0.5, 0.6) is 0 Å². The summed E-state index contributed by atoms with van der Waals surface area (Å²) < 4.78 is 7.97. The standard InChI is InChI=1S/C19H21N3OS/c1-2-6-15(7-3-1)13-22-17(18-9-5-11-23-18)14-24-19(22)21-16-8-4-10-20-12-16/h4-5,8-12,14-15H,1-3,6-7,13H2. The highest BCUT2D eigenvalue weighted by Crippen LogP contribution is 2.28. The summed E-state index contributed by atoms with van der Waals surface area (Å²) in [6, 6.07) is 7.87. The molecular weight excluding hydrogens is 318 g/mol. The maximum Gasteiger partial charge on any atom is 0.190 e. The van der Waals surface area contributed by atoms with Crippen molar-refractivity contribution in [2.24, 2.45) is 10.9 Å². The number of pyridine rings is 1. The molecule has 1 fully saturated rings. The first kappa shape index (κ1) is 15.4. The van der Waals surface area contributed by atoms with E-state index in [1.807, 2.05) is 24.3 Å². The van der Waals surface area contributed by atoms with Crippen molar-refractivity contribution in [3.05, 3.63) is 53.1 Å². The van der Waals surface area contributed by atoms with Crippen LogP contribution in [-0.2, 0) is 6.54 Å². The molecule has 0 amide bonds. The van der Waals surface area contributed by atoms with Gasteiger partial charge < -0.3 is 8.98 Å². The Balaban J connectivity index is 1.74. The van der Waals surface area contributed by atoms with Crippen LogP contribution in [0.15, 0.2) is 57.7 Å². The second-order valence-corrected chi connectivity index (χ2v) is 7.16. The van der Waals surface area contributed by atoms with Gasteiger partial charge in [0.25, 0.3) is 0 Å². The fraction of sp³-hybridized carbons (Fsp3) is 0.368. The molecule has 3 heterocycles. The Bertz CT molecular complexity index is 827. The average molecular weight is 339 g/mol. The average Bonchev–Trinajstić information content (AvgIpc) is 3.28. The van der Waals surface area contributed by atoms with Gasteiger partial charge in [0.05, 0.1) is 23.8 Å². The lowest BCUT2D eigenvalue weighted by Gasteiger charge is -2.22. The molecule has 1 aliphatic rings. The first-order valence-electron chi connectivity index (χ1n) is 8.57. The lowest BCUT2D eigenvalue weighted by molar-refractivity contribution is 0.317. The van der Waals surface area contributed by atoms with Crippen molar-refractivity contribution in [3.8, 4) is 11.5 Å². The topological polar surface area (TPSA) is 43.3 Å². The zero-order chi connectivity index (χ0) is 16.2. The lowest BCUT2D eigenvalue weighted by Crippen LogP contribution is -2.22. The molecular formula is C19H21N3OS. The number of nitrogens with zero attached hydrogens (tertiary/aromatic N) is 3. The van der Waals surface area contributed by atoms with Crippen LogP contribution in [-0.4, -0.2) is 9.55 Å². The van der Waals surface area contributed by atoms with Crippen molar-refractivity contribution < 1.29 is 4.42 Å². The third-order valence-electron chi connectivity index (χ3n) is 4.61.